The van der Waals surface area contributed by atoms with Crippen LogP contribution in [0.3, 0.4) is 0 Å². The van der Waals surface area contributed by atoms with Crippen molar-refractivity contribution in [3.63, 3.8) is 0 Å². The highest BCUT2D eigenvalue weighted by molar-refractivity contribution is 7.88. The third-order valence-electron chi connectivity index (χ3n) is 1.59. The normalized spacial score (nSPS) is 10.5. The van der Waals surface area contributed by atoms with Gasteiger partial charge in [0.15, 0.2) is 0 Å². The summed E-state index contributed by atoms with van der Waals surface area (Å²) in [4.78, 5) is 0. The van der Waals surface area contributed by atoms with Crippen LogP contribution in [0.5, 0.6) is 0 Å². The van der Waals surface area contributed by atoms with Crippen LogP contribution in [-0.2, 0) is 10.0 Å². The van der Waals surface area contributed by atoms with E-state index in [0.29, 0.717) is 13.1 Å². The molecule has 0 aliphatic carbocycles. The number of hydrogen-bond donors (Lipinski definition) is 2. The van der Waals surface area contributed by atoms with Gasteiger partial charge < -0.3 is 10.8 Å². The molecule has 0 radical (unpaired) electrons. The molecule has 0 amide bonds. The van der Waals surface area contributed by atoms with Gasteiger partial charge in [-0.3, -0.25) is 0 Å². The van der Waals surface area contributed by atoms with Crippen molar-refractivity contribution in [1.82, 2.24) is 4.72 Å². The molecule has 0 heterocycles. The molecular weight excluding hydrogens is 216 g/mol. The zero-order valence-electron chi connectivity index (χ0n) is 8.53. The second kappa shape index (κ2) is 6.39. The van der Waals surface area contributed by atoms with Gasteiger partial charge in [-0.25, -0.2) is 13.1 Å². The summed E-state index contributed by atoms with van der Waals surface area (Å²) in [7, 11) is -3.07. The smallest absolute Gasteiger partial charge is 0.208 e. The van der Waals surface area contributed by atoms with E-state index in [1.165, 1.54) is 0 Å². The molecule has 0 unspecified atom stereocenters. The Morgan fingerprint density at radius 1 is 1.13 bits per heavy atom. The van der Waals surface area contributed by atoms with Crippen molar-refractivity contribution >= 4 is 15.7 Å². The van der Waals surface area contributed by atoms with E-state index >= 15 is 0 Å². The molecule has 0 fully saturated rings. The van der Waals surface area contributed by atoms with Gasteiger partial charge in [0, 0.05) is 18.8 Å². The fourth-order valence-corrected chi connectivity index (χ4v) is 1.47. The first-order valence-corrected chi connectivity index (χ1v) is 6.20. The summed E-state index contributed by atoms with van der Waals surface area (Å²) in [6, 6.07) is 9.64. The first-order chi connectivity index (χ1) is 6.58. The van der Waals surface area contributed by atoms with E-state index in [1.807, 2.05) is 30.3 Å². The highest BCUT2D eigenvalue weighted by Gasteiger charge is 1.97. The Bertz CT molecular complexity index is 364. The molecule has 0 aromatic heterocycles. The second-order valence-electron chi connectivity index (χ2n) is 2.96. The van der Waals surface area contributed by atoms with E-state index in [4.69, 9.17) is 0 Å². The summed E-state index contributed by atoms with van der Waals surface area (Å²) >= 11 is 0. The lowest BCUT2D eigenvalue weighted by atomic mass is 10.3. The van der Waals surface area contributed by atoms with Gasteiger partial charge in [0.05, 0.1) is 6.26 Å². The monoisotopic (exact) mass is 232 g/mol. The average Bonchev–Trinajstić information content (AvgIpc) is 2.13. The van der Waals surface area contributed by atoms with Crippen LogP contribution in [0, 0.1) is 0 Å². The van der Waals surface area contributed by atoms with Crippen molar-refractivity contribution in [3.05, 3.63) is 30.3 Å². The van der Waals surface area contributed by atoms with E-state index in [9.17, 15) is 8.42 Å². The maximum Gasteiger partial charge on any atom is 0.208 e. The fraction of sp³-hybridized carbons (Fsp3) is 0.333. The number of rotatable bonds is 5. The van der Waals surface area contributed by atoms with Crippen LogP contribution < -0.4 is 10.0 Å². The Kier molecular flexibility index (Phi) is 5.92. The molecular formula is C9H16N2O3S. The van der Waals surface area contributed by atoms with Crippen LogP contribution >= 0.6 is 0 Å². The first-order valence-electron chi connectivity index (χ1n) is 4.31. The Morgan fingerprint density at radius 2 is 1.73 bits per heavy atom. The largest absolute Gasteiger partial charge is 0.412 e. The topological polar surface area (TPSA) is 89.7 Å². The molecule has 0 saturated carbocycles. The average molecular weight is 232 g/mol. The summed E-state index contributed by atoms with van der Waals surface area (Å²) in [6.07, 6.45) is 1.15. The Balaban J connectivity index is 0.00000196. The van der Waals surface area contributed by atoms with E-state index in [0.717, 1.165) is 11.9 Å². The minimum absolute atomic E-state index is 0. The Labute approximate surface area is 89.9 Å². The summed E-state index contributed by atoms with van der Waals surface area (Å²) in [5.41, 5.74) is 0.989. The fourth-order valence-electron chi connectivity index (χ4n) is 0.999. The predicted octanol–water partition coefficient (Wildman–Crippen LogP) is -0.177. The first kappa shape index (κ1) is 13.9. The van der Waals surface area contributed by atoms with Gasteiger partial charge in [-0.05, 0) is 12.1 Å². The molecule has 5 nitrogen and oxygen atoms in total. The summed E-state index contributed by atoms with van der Waals surface area (Å²) in [5.74, 6) is 0. The van der Waals surface area contributed by atoms with Gasteiger partial charge in [-0.2, -0.15) is 0 Å². The van der Waals surface area contributed by atoms with Crippen molar-refractivity contribution in [2.24, 2.45) is 0 Å². The minimum Gasteiger partial charge on any atom is -0.412 e. The molecule has 0 atom stereocenters. The molecule has 86 valence electrons. The van der Waals surface area contributed by atoms with E-state index in [2.05, 4.69) is 10.0 Å². The van der Waals surface area contributed by atoms with Crippen LogP contribution in [0.15, 0.2) is 30.3 Å². The number of benzene rings is 1. The third-order valence-corrected chi connectivity index (χ3v) is 2.32. The lowest BCUT2D eigenvalue weighted by molar-refractivity contribution is 0.589. The number of sulfonamides is 1. The highest BCUT2D eigenvalue weighted by Crippen LogP contribution is 2.03. The second-order valence-corrected chi connectivity index (χ2v) is 4.79. The van der Waals surface area contributed by atoms with Crippen LogP contribution in [0.25, 0.3) is 0 Å². The van der Waals surface area contributed by atoms with Crippen molar-refractivity contribution in [2.75, 3.05) is 24.7 Å². The molecule has 0 saturated heterocycles. The molecule has 0 aliphatic heterocycles. The highest BCUT2D eigenvalue weighted by atomic mass is 32.2. The van der Waals surface area contributed by atoms with Crippen molar-refractivity contribution < 1.29 is 13.9 Å². The van der Waals surface area contributed by atoms with Crippen molar-refractivity contribution in [2.45, 2.75) is 0 Å². The molecule has 1 rings (SSSR count). The van der Waals surface area contributed by atoms with Gasteiger partial charge in [-0.1, -0.05) is 18.2 Å². The molecule has 0 aliphatic rings. The van der Waals surface area contributed by atoms with Crippen LogP contribution in [-0.4, -0.2) is 33.2 Å². The Morgan fingerprint density at radius 3 is 2.27 bits per heavy atom. The summed E-state index contributed by atoms with van der Waals surface area (Å²) in [5, 5.41) is 3.09. The lowest BCUT2D eigenvalue weighted by Gasteiger charge is -2.05. The molecule has 6 heteroatoms. The Hall–Kier alpha value is -1.11. The third kappa shape index (κ3) is 6.89. The molecule has 4 N–H and O–H groups in total. The zero-order valence-corrected chi connectivity index (χ0v) is 9.34. The number of nitrogens with one attached hydrogen (secondary N) is 2. The predicted molar refractivity (Wildman–Crippen MR) is 61.4 cm³/mol. The quantitative estimate of drug-likeness (QED) is 0.690. The molecule has 15 heavy (non-hydrogen) atoms. The number of para-hydroxylation sites is 1. The lowest BCUT2D eigenvalue weighted by Crippen LogP contribution is -2.27. The number of hydrogen-bond acceptors (Lipinski definition) is 3. The van der Waals surface area contributed by atoms with Gasteiger partial charge in [0.2, 0.25) is 10.0 Å². The maximum atomic E-state index is 10.7. The number of anilines is 1. The minimum atomic E-state index is -3.07. The summed E-state index contributed by atoms with van der Waals surface area (Å²) in [6.45, 7) is 0.977. The molecule has 1 aromatic rings. The van der Waals surface area contributed by atoms with Crippen LogP contribution in [0.4, 0.5) is 5.69 Å². The van der Waals surface area contributed by atoms with Gasteiger partial charge in [0.1, 0.15) is 0 Å². The molecule has 0 spiro atoms. The molecule has 1 aromatic carbocycles. The summed E-state index contributed by atoms with van der Waals surface area (Å²) < 4.78 is 23.8. The van der Waals surface area contributed by atoms with Crippen molar-refractivity contribution in [1.29, 1.82) is 0 Å². The van der Waals surface area contributed by atoms with Gasteiger partial charge in [-0.15, -0.1) is 0 Å². The van der Waals surface area contributed by atoms with Gasteiger partial charge in [0.25, 0.3) is 0 Å². The standard InChI is InChI=1S/C9H14N2O2S.H2O/c1-14(12,13)11-8-7-10-9-5-3-2-4-6-9;/h2-6,10-11H,7-8H2,1H3;1H2. The zero-order chi connectivity index (χ0) is 10.4. The van der Waals surface area contributed by atoms with Crippen LogP contribution in [0.1, 0.15) is 0 Å². The SMILES string of the molecule is CS(=O)(=O)NCCNc1ccccc1.O. The molecule has 0 bridgehead atoms. The van der Waals surface area contributed by atoms with E-state index in [1.54, 1.807) is 0 Å². The maximum absolute atomic E-state index is 10.7. The van der Waals surface area contributed by atoms with Crippen LogP contribution in [0.2, 0.25) is 0 Å². The van der Waals surface area contributed by atoms with E-state index in [-0.39, 0.29) is 5.48 Å². The van der Waals surface area contributed by atoms with Crippen molar-refractivity contribution in [3.8, 4) is 0 Å². The van der Waals surface area contributed by atoms with Gasteiger partial charge >= 0.3 is 0 Å². The van der Waals surface area contributed by atoms with E-state index < -0.39 is 10.0 Å².